The first kappa shape index (κ1) is 21.9. The molecule has 4 bridgehead atoms. The van der Waals surface area contributed by atoms with Crippen LogP contribution in [0.3, 0.4) is 0 Å². The average Bonchev–Trinajstić information content (AvgIpc) is 2.60. The number of hydrogen-bond donors (Lipinski definition) is 0. The van der Waals surface area contributed by atoms with Gasteiger partial charge in [-0.05, 0) is 38.0 Å². The summed E-state index contributed by atoms with van der Waals surface area (Å²) in [6.45, 7) is -4.20. The Balaban J connectivity index is 1.60. The van der Waals surface area contributed by atoms with Crippen molar-refractivity contribution in [3.8, 4) is 0 Å². The van der Waals surface area contributed by atoms with Crippen LogP contribution in [0.2, 0.25) is 0 Å². The molecule has 4 fully saturated rings. The van der Waals surface area contributed by atoms with Crippen molar-refractivity contribution in [1.29, 1.82) is 0 Å². The Morgan fingerprint density at radius 1 is 0.931 bits per heavy atom. The first-order valence-corrected chi connectivity index (χ1v) is 9.18. The zero-order valence-electron chi connectivity index (χ0n) is 15.5. The van der Waals surface area contributed by atoms with Gasteiger partial charge in [0, 0.05) is 18.8 Å². The summed E-state index contributed by atoms with van der Waals surface area (Å²) in [6, 6.07) is 0. The van der Waals surface area contributed by atoms with Crippen LogP contribution in [0.4, 0.5) is 26.3 Å². The molecule has 0 aliphatic heterocycles. The Morgan fingerprint density at radius 3 is 1.90 bits per heavy atom. The van der Waals surface area contributed by atoms with Gasteiger partial charge in [-0.25, -0.2) is 4.79 Å². The van der Waals surface area contributed by atoms with Crippen LogP contribution in [-0.2, 0) is 23.9 Å². The molecule has 0 spiro atoms. The van der Waals surface area contributed by atoms with E-state index in [0.717, 1.165) is 0 Å². The fourth-order valence-corrected chi connectivity index (χ4v) is 4.80. The normalized spacial score (nSPS) is 31.7. The second-order valence-corrected chi connectivity index (χ2v) is 8.48. The van der Waals surface area contributed by atoms with Crippen molar-refractivity contribution in [2.24, 2.45) is 23.2 Å². The van der Waals surface area contributed by atoms with Crippen LogP contribution >= 0.6 is 0 Å². The molecule has 0 radical (unpaired) electrons. The molecule has 0 aromatic rings. The van der Waals surface area contributed by atoms with Gasteiger partial charge in [-0.1, -0.05) is 0 Å². The van der Waals surface area contributed by atoms with Crippen molar-refractivity contribution < 1.29 is 50.2 Å². The zero-order chi connectivity index (χ0) is 21.8. The summed E-state index contributed by atoms with van der Waals surface area (Å²) < 4.78 is 88.5. The summed E-state index contributed by atoms with van der Waals surface area (Å²) in [6.07, 6.45) is 1.93. The highest BCUT2D eigenvalue weighted by Gasteiger charge is 2.62. The van der Waals surface area contributed by atoms with E-state index in [4.69, 9.17) is 0 Å². The second kappa shape index (κ2) is 6.87. The molecule has 0 amide bonds. The monoisotopic (exact) mass is 430 g/mol. The summed E-state index contributed by atoms with van der Waals surface area (Å²) in [5.74, 6) is -18.0. The van der Waals surface area contributed by atoms with Crippen LogP contribution in [-0.4, -0.2) is 48.7 Å². The number of halogens is 6. The second-order valence-electron chi connectivity index (χ2n) is 8.48. The highest BCUT2D eigenvalue weighted by molar-refractivity contribution is 5.89. The van der Waals surface area contributed by atoms with Gasteiger partial charge in [-0.2, -0.15) is 26.3 Å². The maximum atomic E-state index is 13.9. The van der Waals surface area contributed by atoms with Gasteiger partial charge in [0.05, 0.1) is 5.41 Å². The molecule has 0 heterocycles. The van der Waals surface area contributed by atoms with E-state index in [1.807, 2.05) is 0 Å². The Bertz CT molecular complexity index is 698. The molecule has 4 aliphatic rings. The summed E-state index contributed by atoms with van der Waals surface area (Å²) in [7, 11) is 0. The van der Waals surface area contributed by atoms with Gasteiger partial charge in [0.1, 0.15) is 5.78 Å². The lowest BCUT2D eigenvalue weighted by molar-refractivity contribution is -0.253. The van der Waals surface area contributed by atoms with E-state index >= 15 is 0 Å². The molecular weight excluding hydrogens is 410 g/mol. The standard InChI is InChI=1S/C18H20F6O5/c1-15(19,20)13(26)28-7-17(21,22)18(23,24)8-29-14(27)16-4-9-2-10(5-16)12(25)11(3-9)6-16/h9-11H,2-8H2,1H3. The summed E-state index contributed by atoms with van der Waals surface area (Å²) >= 11 is 0. The number of alkyl halides is 6. The van der Waals surface area contributed by atoms with Crippen LogP contribution in [0.1, 0.15) is 39.0 Å². The number of hydrogen-bond acceptors (Lipinski definition) is 5. The Morgan fingerprint density at radius 2 is 1.41 bits per heavy atom. The number of carbonyl (C=O) groups is 3. The minimum absolute atomic E-state index is 0.0516. The van der Waals surface area contributed by atoms with Crippen molar-refractivity contribution in [1.82, 2.24) is 0 Å². The Kier molecular flexibility index (Phi) is 5.18. The fourth-order valence-electron chi connectivity index (χ4n) is 4.80. The predicted octanol–water partition coefficient (Wildman–Crippen LogP) is 3.39. The van der Waals surface area contributed by atoms with Gasteiger partial charge in [-0.3, -0.25) is 9.59 Å². The highest BCUT2D eigenvalue weighted by Crippen LogP contribution is 2.59. The quantitative estimate of drug-likeness (QED) is 0.458. The molecule has 0 saturated heterocycles. The van der Waals surface area contributed by atoms with Crippen LogP contribution in [0, 0.1) is 23.2 Å². The Labute approximate surface area is 162 Å². The van der Waals surface area contributed by atoms with Gasteiger partial charge in [0.25, 0.3) is 0 Å². The molecule has 2 atom stereocenters. The Hall–Kier alpha value is -1.81. The lowest BCUT2D eigenvalue weighted by Gasteiger charge is -2.54. The van der Waals surface area contributed by atoms with Gasteiger partial charge >= 0.3 is 29.7 Å². The van der Waals surface area contributed by atoms with E-state index in [1.165, 1.54) is 0 Å². The minimum atomic E-state index is -5.02. The van der Waals surface area contributed by atoms with E-state index in [9.17, 15) is 40.7 Å². The first-order valence-electron chi connectivity index (χ1n) is 9.18. The summed E-state index contributed by atoms with van der Waals surface area (Å²) in [4.78, 5) is 35.4. The van der Waals surface area contributed by atoms with Gasteiger partial charge in [0.15, 0.2) is 13.2 Å². The molecule has 5 nitrogen and oxygen atoms in total. The molecule has 164 valence electrons. The number of rotatable bonds is 7. The molecule has 0 N–H and O–H groups in total. The lowest BCUT2D eigenvalue weighted by atomic mass is 9.49. The van der Waals surface area contributed by atoms with Crippen LogP contribution in [0.5, 0.6) is 0 Å². The predicted molar refractivity (Wildman–Crippen MR) is 83.4 cm³/mol. The van der Waals surface area contributed by atoms with E-state index in [1.54, 1.807) is 0 Å². The number of ketones is 1. The lowest BCUT2D eigenvalue weighted by Crippen LogP contribution is -2.56. The molecule has 0 aromatic heterocycles. The topological polar surface area (TPSA) is 69.7 Å². The van der Waals surface area contributed by atoms with Crippen molar-refractivity contribution in [3.05, 3.63) is 0 Å². The van der Waals surface area contributed by atoms with Crippen LogP contribution in [0.15, 0.2) is 0 Å². The van der Waals surface area contributed by atoms with Crippen molar-refractivity contribution in [2.75, 3.05) is 13.2 Å². The van der Waals surface area contributed by atoms with Crippen molar-refractivity contribution in [3.63, 3.8) is 0 Å². The van der Waals surface area contributed by atoms with Crippen LogP contribution < -0.4 is 0 Å². The smallest absolute Gasteiger partial charge is 0.376 e. The highest BCUT2D eigenvalue weighted by atomic mass is 19.3. The average molecular weight is 430 g/mol. The summed E-state index contributed by atoms with van der Waals surface area (Å²) in [5.41, 5.74) is -1.13. The van der Waals surface area contributed by atoms with E-state index < -0.39 is 48.3 Å². The third-order valence-electron chi connectivity index (χ3n) is 6.09. The molecule has 29 heavy (non-hydrogen) atoms. The van der Waals surface area contributed by atoms with E-state index in [-0.39, 0.29) is 43.3 Å². The maximum Gasteiger partial charge on any atom is 0.376 e. The van der Waals surface area contributed by atoms with E-state index in [0.29, 0.717) is 19.3 Å². The molecule has 0 aromatic carbocycles. The van der Waals surface area contributed by atoms with Crippen molar-refractivity contribution >= 4 is 17.7 Å². The number of ether oxygens (including phenoxy) is 2. The third-order valence-corrected chi connectivity index (χ3v) is 6.09. The molecule has 4 aliphatic carbocycles. The minimum Gasteiger partial charge on any atom is -0.459 e. The van der Waals surface area contributed by atoms with Gasteiger partial charge in [-0.15, -0.1) is 0 Å². The zero-order valence-corrected chi connectivity index (χ0v) is 15.5. The largest absolute Gasteiger partial charge is 0.459 e. The number of esters is 2. The molecule has 4 rings (SSSR count). The van der Waals surface area contributed by atoms with Gasteiger partial charge in [0.2, 0.25) is 0 Å². The van der Waals surface area contributed by atoms with Crippen LogP contribution in [0.25, 0.3) is 0 Å². The maximum absolute atomic E-state index is 13.9. The third kappa shape index (κ3) is 3.96. The SMILES string of the molecule is CC(F)(F)C(=O)OCC(F)(F)C(F)(F)COC(=O)C12CC3CC(C1)C(=O)C(C3)C2. The molecule has 11 heteroatoms. The van der Waals surface area contributed by atoms with Gasteiger partial charge < -0.3 is 9.47 Å². The molecular formula is C18H20F6O5. The fraction of sp³-hybridized carbons (Fsp3) is 0.833. The molecule has 4 saturated carbocycles. The summed E-state index contributed by atoms with van der Waals surface area (Å²) in [5, 5.41) is 0. The number of Topliss-reactive ketones (excluding diaryl/α,β-unsaturated/α-hetero) is 1. The van der Waals surface area contributed by atoms with E-state index in [2.05, 4.69) is 9.47 Å². The number of carbonyl (C=O) groups excluding carboxylic acids is 3. The van der Waals surface area contributed by atoms with Crippen molar-refractivity contribution in [2.45, 2.75) is 56.8 Å². The molecule has 2 unspecified atom stereocenters. The first-order chi connectivity index (χ1) is 13.2.